The summed E-state index contributed by atoms with van der Waals surface area (Å²) in [5.74, 6) is 1.55. The van der Waals surface area contributed by atoms with Gasteiger partial charge in [-0.1, -0.05) is 13.8 Å². The zero-order valence-electron chi connectivity index (χ0n) is 11.1. The number of aromatic nitrogens is 4. The van der Waals surface area contributed by atoms with Gasteiger partial charge in [-0.05, 0) is 5.92 Å². The molecule has 0 fully saturated rings. The van der Waals surface area contributed by atoms with Gasteiger partial charge in [-0.2, -0.15) is 5.10 Å². The highest BCUT2D eigenvalue weighted by atomic mass is 15.3. The molecule has 5 nitrogen and oxygen atoms in total. The van der Waals surface area contributed by atoms with Gasteiger partial charge in [-0.25, -0.2) is 4.98 Å². The number of aryl methyl sites for hydroxylation is 1. The van der Waals surface area contributed by atoms with Gasteiger partial charge in [0.1, 0.15) is 5.82 Å². The van der Waals surface area contributed by atoms with Gasteiger partial charge < -0.3 is 9.88 Å². The lowest BCUT2D eigenvalue weighted by Crippen LogP contribution is -2.28. The van der Waals surface area contributed by atoms with Crippen LogP contribution in [0, 0.1) is 0 Å². The molecule has 1 N–H and O–H groups in total. The van der Waals surface area contributed by atoms with Crippen LogP contribution in [-0.2, 0) is 20.1 Å². The maximum Gasteiger partial charge on any atom is 0.123 e. The standard InChI is InChI=1S/C13H19N5/c1-9(2)13-10(8-17(3)16-13)11-6-15-12-7-14-4-5-18(11)12/h6,8-9,14H,4-5,7H2,1-3H3. The molecule has 0 spiro atoms. The van der Waals surface area contributed by atoms with E-state index in [2.05, 4.69) is 40.0 Å². The Morgan fingerprint density at radius 1 is 1.39 bits per heavy atom. The predicted octanol–water partition coefficient (Wildman–Crippen LogP) is 1.51. The van der Waals surface area contributed by atoms with Crippen molar-refractivity contribution in [1.29, 1.82) is 0 Å². The van der Waals surface area contributed by atoms with Gasteiger partial charge in [0.25, 0.3) is 0 Å². The molecule has 0 radical (unpaired) electrons. The molecule has 1 aliphatic rings. The summed E-state index contributed by atoms with van der Waals surface area (Å²) >= 11 is 0. The third-order valence-corrected chi connectivity index (χ3v) is 3.41. The van der Waals surface area contributed by atoms with Crippen molar-refractivity contribution in [3.8, 4) is 11.3 Å². The number of fused-ring (bicyclic) bond motifs is 1. The molecule has 0 aromatic carbocycles. The molecular weight excluding hydrogens is 226 g/mol. The smallest absolute Gasteiger partial charge is 0.123 e. The lowest BCUT2D eigenvalue weighted by Gasteiger charge is -2.17. The van der Waals surface area contributed by atoms with E-state index in [0.29, 0.717) is 5.92 Å². The minimum absolute atomic E-state index is 0.425. The van der Waals surface area contributed by atoms with Crippen LogP contribution in [0.2, 0.25) is 0 Å². The Labute approximate surface area is 107 Å². The minimum Gasteiger partial charge on any atom is -0.326 e. The number of nitrogens with one attached hydrogen (secondary N) is 1. The Morgan fingerprint density at radius 2 is 2.22 bits per heavy atom. The topological polar surface area (TPSA) is 47.7 Å². The van der Waals surface area contributed by atoms with Crippen LogP contribution in [0.25, 0.3) is 11.3 Å². The fourth-order valence-electron chi connectivity index (χ4n) is 2.54. The first-order chi connectivity index (χ1) is 8.66. The van der Waals surface area contributed by atoms with Crippen molar-refractivity contribution in [2.24, 2.45) is 7.05 Å². The van der Waals surface area contributed by atoms with Crippen LogP contribution in [0.5, 0.6) is 0 Å². The van der Waals surface area contributed by atoms with E-state index in [1.165, 1.54) is 11.3 Å². The summed E-state index contributed by atoms with van der Waals surface area (Å²) in [6, 6.07) is 0. The largest absolute Gasteiger partial charge is 0.326 e. The van der Waals surface area contributed by atoms with Crippen molar-refractivity contribution in [2.45, 2.75) is 32.9 Å². The normalized spacial score (nSPS) is 15.1. The van der Waals surface area contributed by atoms with E-state index in [4.69, 9.17) is 0 Å². The summed E-state index contributed by atoms with van der Waals surface area (Å²) in [7, 11) is 1.98. The van der Waals surface area contributed by atoms with Crippen molar-refractivity contribution in [2.75, 3.05) is 6.54 Å². The van der Waals surface area contributed by atoms with Gasteiger partial charge in [0.05, 0.1) is 24.1 Å². The average molecular weight is 245 g/mol. The molecule has 0 bridgehead atoms. The van der Waals surface area contributed by atoms with E-state index in [1.54, 1.807) is 0 Å². The molecule has 2 aromatic rings. The van der Waals surface area contributed by atoms with Crippen molar-refractivity contribution >= 4 is 0 Å². The average Bonchev–Trinajstić information content (AvgIpc) is 2.92. The highest BCUT2D eigenvalue weighted by Crippen LogP contribution is 2.29. The van der Waals surface area contributed by atoms with Gasteiger partial charge >= 0.3 is 0 Å². The summed E-state index contributed by atoms with van der Waals surface area (Å²) in [5, 5.41) is 7.92. The molecule has 0 saturated carbocycles. The number of nitrogens with zero attached hydrogens (tertiary/aromatic N) is 4. The number of hydrogen-bond donors (Lipinski definition) is 1. The van der Waals surface area contributed by atoms with Crippen LogP contribution in [0.4, 0.5) is 0 Å². The van der Waals surface area contributed by atoms with Crippen LogP contribution >= 0.6 is 0 Å². The molecule has 0 aliphatic carbocycles. The van der Waals surface area contributed by atoms with Crippen molar-refractivity contribution in [1.82, 2.24) is 24.6 Å². The molecular formula is C13H19N5. The zero-order valence-corrected chi connectivity index (χ0v) is 11.1. The van der Waals surface area contributed by atoms with E-state index in [-0.39, 0.29) is 0 Å². The molecule has 0 amide bonds. The van der Waals surface area contributed by atoms with E-state index in [1.807, 2.05) is 17.9 Å². The van der Waals surface area contributed by atoms with Crippen LogP contribution < -0.4 is 5.32 Å². The second kappa shape index (κ2) is 4.24. The third kappa shape index (κ3) is 1.75. The SMILES string of the molecule is CC(C)c1nn(C)cc1-c1cnc2n1CCNC2. The molecule has 0 atom stereocenters. The van der Waals surface area contributed by atoms with E-state index in [0.717, 1.165) is 31.2 Å². The lowest BCUT2D eigenvalue weighted by atomic mass is 10.0. The first kappa shape index (κ1) is 11.5. The second-order valence-electron chi connectivity index (χ2n) is 5.14. The molecule has 18 heavy (non-hydrogen) atoms. The van der Waals surface area contributed by atoms with Crippen LogP contribution in [-0.4, -0.2) is 25.9 Å². The molecule has 96 valence electrons. The minimum atomic E-state index is 0.425. The van der Waals surface area contributed by atoms with Gasteiger partial charge in [-0.3, -0.25) is 4.68 Å². The molecule has 5 heteroatoms. The van der Waals surface area contributed by atoms with E-state index < -0.39 is 0 Å². The van der Waals surface area contributed by atoms with Crippen molar-refractivity contribution in [3.63, 3.8) is 0 Å². The number of imidazole rings is 1. The van der Waals surface area contributed by atoms with Crippen LogP contribution in [0.15, 0.2) is 12.4 Å². The predicted molar refractivity (Wildman–Crippen MR) is 70.2 cm³/mol. The second-order valence-corrected chi connectivity index (χ2v) is 5.14. The maximum absolute atomic E-state index is 4.57. The molecule has 3 heterocycles. The Morgan fingerprint density at radius 3 is 3.00 bits per heavy atom. The fraction of sp³-hybridized carbons (Fsp3) is 0.538. The third-order valence-electron chi connectivity index (χ3n) is 3.41. The summed E-state index contributed by atoms with van der Waals surface area (Å²) in [6.07, 6.45) is 4.08. The Bertz CT molecular complexity index is 564. The number of hydrogen-bond acceptors (Lipinski definition) is 3. The Kier molecular flexibility index (Phi) is 2.70. The quantitative estimate of drug-likeness (QED) is 0.872. The first-order valence-corrected chi connectivity index (χ1v) is 6.46. The van der Waals surface area contributed by atoms with Crippen molar-refractivity contribution < 1.29 is 0 Å². The maximum atomic E-state index is 4.57. The summed E-state index contributed by atoms with van der Waals surface area (Å²) < 4.78 is 4.20. The van der Waals surface area contributed by atoms with Gasteiger partial charge in [-0.15, -0.1) is 0 Å². The van der Waals surface area contributed by atoms with Gasteiger partial charge in [0, 0.05) is 31.9 Å². The Balaban J connectivity index is 2.12. The molecule has 0 unspecified atom stereocenters. The molecule has 1 aliphatic heterocycles. The van der Waals surface area contributed by atoms with Crippen molar-refractivity contribution in [3.05, 3.63) is 23.9 Å². The summed E-state index contributed by atoms with van der Waals surface area (Å²) in [6.45, 7) is 7.21. The van der Waals surface area contributed by atoms with E-state index >= 15 is 0 Å². The van der Waals surface area contributed by atoms with Crippen LogP contribution in [0.1, 0.15) is 31.3 Å². The molecule has 3 rings (SSSR count). The molecule has 2 aromatic heterocycles. The highest BCUT2D eigenvalue weighted by Gasteiger charge is 2.20. The number of rotatable bonds is 2. The Hall–Kier alpha value is -1.62. The fourth-order valence-corrected chi connectivity index (χ4v) is 2.54. The highest BCUT2D eigenvalue weighted by molar-refractivity contribution is 5.62. The van der Waals surface area contributed by atoms with E-state index in [9.17, 15) is 0 Å². The summed E-state index contributed by atoms with van der Waals surface area (Å²) in [4.78, 5) is 4.51. The monoisotopic (exact) mass is 245 g/mol. The first-order valence-electron chi connectivity index (χ1n) is 6.46. The lowest BCUT2D eigenvalue weighted by molar-refractivity contribution is 0.508. The van der Waals surface area contributed by atoms with Crippen LogP contribution in [0.3, 0.4) is 0 Å². The zero-order chi connectivity index (χ0) is 12.7. The van der Waals surface area contributed by atoms with Gasteiger partial charge in [0.2, 0.25) is 0 Å². The molecule has 0 saturated heterocycles. The summed E-state index contributed by atoms with van der Waals surface area (Å²) in [5.41, 5.74) is 3.56. The van der Waals surface area contributed by atoms with Gasteiger partial charge in [0.15, 0.2) is 0 Å².